The first-order valence-electron chi connectivity index (χ1n) is 6.36. The lowest BCUT2D eigenvalue weighted by molar-refractivity contribution is 0.281. The van der Waals surface area contributed by atoms with Crippen LogP contribution >= 0.6 is 0 Å². The van der Waals surface area contributed by atoms with Gasteiger partial charge in [-0.2, -0.15) is 0 Å². The fourth-order valence-electron chi connectivity index (χ4n) is 2.08. The van der Waals surface area contributed by atoms with Gasteiger partial charge in [0.2, 0.25) is 5.88 Å². The summed E-state index contributed by atoms with van der Waals surface area (Å²) in [5, 5.41) is 10.3. The average Bonchev–Trinajstić information content (AvgIpc) is 2.46. The summed E-state index contributed by atoms with van der Waals surface area (Å²) in [6.45, 7) is 1.84. The van der Waals surface area contributed by atoms with Crippen LogP contribution in [-0.2, 0) is 6.61 Å². The van der Waals surface area contributed by atoms with E-state index in [1.807, 2.05) is 43.3 Å². The molecule has 4 nitrogen and oxygen atoms in total. The Bertz CT molecular complexity index is 756. The molecule has 0 bridgehead atoms. The van der Waals surface area contributed by atoms with Crippen molar-refractivity contribution in [3.05, 3.63) is 59.9 Å². The average molecular weight is 266 g/mol. The normalized spacial score (nSPS) is 10.7. The Morgan fingerprint density at radius 2 is 2.05 bits per heavy atom. The van der Waals surface area contributed by atoms with Crippen molar-refractivity contribution in [1.29, 1.82) is 0 Å². The van der Waals surface area contributed by atoms with E-state index in [0.717, 1.165) is 22.2 Å². The summed E-state index contributed by atoms with van der Waals surface area (Å²) in [6.07, 6.45) is 1.75. The van der Waals surface area contributed by atoms with Gasteiger partial charge in [0.25, 0.3) is 0 Å². The number of aliphatic hydroxyl groups excluding tert-OH is 1. The van der Waals surface area contributed by atoms with E-state index in [4.69, 9.17) is 4.74 Å². The van der Waals surface area contributed by atoms with Crippen LogP contribution in [0, 0.1) is 6.92 Å². The highest BCUT2D eigenvalue weighted by atomic mass is 16.5. The molecule has 0 atom stereocenters. The van der Waals surface area contributed by atoms with Crippen molar-refractivity contribution in [2.24, 2.45) is 0 Å². The van der Waals surface area contributed by atoms with Gasteiger partial charge in [-0.25, -0.2) is 4.98 Å². The lowest BCUT2D eigenvalue weighted by Gasteiger charge is -2.08. The number of aliphatic hydroxyl groups is 1. The van der Waals surface area contributed by atoms with Gasteiger partial charge in [-0.15, -0.1) is 0 Å². The van der Waals surface area contributed by atoms with E-state index in [-0.39, 0.29) is 6.61 Å². The molecular formula is C16H14N2O2. The summed E-state index contributed by atoms with van der Waals surface area (Å²) >= 11 is 0. The van der Waals surface area contributed by atoms with Crippen LogP contribution in [0.2, 0.25) is 0 Å². The Morgan fingerprint density at radius 1 is 1.15 bits per heavy atom. The zero-order valence-electron chi connectivity index (χ0n) is 11.1. The van der Waals surface area contributed by atoms with Crippen LogP contribution in [0.5, 0.6) is 11.6 Å². The van der Waals surface area contributed by atoms with Crippen LogP contribution in [0.3, 0.4) is 0 Å². The van der Waals surface area contributed by atoms with Gasteiger partial charge in [0.05, 0.1) is 12.1 Å². The van der Waals surface area contributed by atoms with Crippen LogP contribution in [0.15, 0.2) is 48.7 Å². The van der Waals surface area contributed by atoms with Crippen LogP contribution in [0.4, 0.5) is 0 Å². The molecule has 20 heavy (non-hydrogen) atoms. The highest BCUT2D eigenvalue weighted by molar-refractivity contribution is 5.79. The summed E-state index contributed by atoms with van der Waals surface area (Å²) < 4.78 is 5.75. The SMILES string of the molecule is Cc1cc(CO)cc(Oc2ccc3cccnc3c2)n1. The standard InChI is InChI=1S/C16H14N2O2/c1-11-7-12(10-19)8-16(18-11)20-14-5-4-13-3-2-6-17-15(13)9-14/h2-9,19H,10H2,1H3. The predicted molar refractivity (Wildman–Crippen MR) is 76.7 cm³/mol. The Balaban J connectivity index is 1.94. The quantitative estimate of drug-likeness (QED) is 0.790. The minimum atomic E-state index is -0.0288. The molecular weight excluding hydrogens is 252 g/mol. The molecule has 3 rings (SSSR count). The predicted octanol–water partition coefficient (Wildman–Crippen LogP) is 3.22. The lowest BCUT2D eigenvalue weighted by Crippen LogP contribution is -1.94. The first-order chi connectivity index (χ1) is 9.74. The maximum absolute atomic E-state index is 9.20. The Kier molecular flexibility index (Phi) is 3.31. The molecule has 0 aliphatic rings. The van der Waals surface area contributed by atoms with Crippen molar-refractivity contribution in [3.63, 3.8) is 0 Å². The number of aryl methyl sites for hydroxylation is 1. The van der Waals surface area contributed by atoms with Gasteiger partial charge >= 0.3 is 0 Å². The molecule has 0 saturated heterocycles. The summed E-state index contributed by atoms with van der Waals surface area (Å²) in [5.74, 6) is 1.16. The molecule has 1 N–H and O–H groups in total. The van der Waals surface area contributed by atoms with Gasteiger partial charge < -0.3 is 9.84 Å². The molecule has 0 fully saturated rings. The minimum absolute atomic E-state index is 0.0288. The summed E-state index contributed by atoms with van der Waals surface area (Å²) in [7, 11) is 0. The summed E-state index contributed by atoms with van der Waals surface area (Å²) in [6, 6.07) is 13.2. The van der Waals surface area contributed by atoms with Gasteiger partial charge in [0, 0.05) is 29.4 Å². The number of nitrogens with zero attached hydrogens (tertiary/aromatic N) is 2. The van der Waals surface area contributed by atoms with Gasteiger partial charge in [-0.05, 0) is 36.8 Å². The van der Waals surface area contributed by atoms with Crippen molar-refractivity contribution in [3.8, 4) is 11.6 Å². The molecule has 0 radical (unpaired) electrons. The van der Waals surface area contributed by atoms with Crippen LogP contribution < -0.4 is 4.74 Å². The summed E-state index contributed by atoms with van der Waals surface area (Å²) in [5.41, 5.74) is 2.47. The van der Waals surface area contributed by atoms with Gasteiger partial charge in [0.15, 0.2) is 0 Å². The number of ether oxygens (including phenoxy) is 1. The number of hydrogen-bond acceptors (Lipinski definition) is 4. The smallest absolute Gasteiger partial charge is 0.219 e. The molecule has 0 amide bonds. The van der Waals surface area contributed by atoms with Gasteiger partial charge in [-0.1, -0.05) is 6.07 Å². The van der Waals surface area contributed by atoms with Gasteiger partial charge in [0.1, 0.15) is 5.75 Å². The van der Waals surface area contributed by atoms with Gasteiger partial charge in [-0.3, -0.25) is 4.98 Å². The Hall–Kier alpha value is -2.46. The molecule has 4 heteroatoms. The molecule has 0 saturated carbocycles. The maximum Gasteiger partial charge on any atom is 0.219 e. The minimum Gasteiger partial charge on any atom is -0.439 e. The van der Waals surface area contributed by atoms with E-state index in [2.05, 4.69) is 9.97 Å². The van der Waals surface area contributed by atoms with E-state index in [1.54, 1.807) is 12.3 Å². The molecule has 0 spiro atoms. The second-order valence-corrected chi connectivity index (χ2v) is 4.57. The molecule has 100 valence electrons. The largest absolute Gasteiger partial charge is 0.439 e. The number of fused-ring (bicyclic) bond motifs is 1. The van der Waals surface area contributed by atoms with E-state index < -0.39 is 0 Å². The summed E-state index contributed by atoms with van der Waals surface area (Å²) in [4.78, 5) is 8.60. The number of rotatable bonds is 3. The topological polar surface area (TPSA) is 55.2 Å². The highest BCUT2D eigenvalue weighted by Gasteiger charge is 2.04. The number of pyridine rings is 2. The monoisotopic (exact) mass is 266 g/mol. The first kappa shape index (κ1) is 12.6. The molecule has 0 aliphatic heterocycles. The maximum atomic E-state index is 9.20. The van der Waals surface area contributed by atoms with E-state index in [9.17, 15) is 5.11 Å². The fraction of sp³-hybridized carbons (Fsp3) is 0.125. The fourth-order valence-corrected chi connectivity index (χ4v) is 2.08. The molecule has 2 aromatic heterocycles. The Morgan fingerprint density at radius 3 is 2.90 bits per heavy atom. The number of hydrogen-bond donors (Lipinski definition) is 1. The van der Waals surface area contributed by atoms with Crippen molar-refractivity contribution in [2.45, 2.75) is 13.5 Å². The molecule has 3 aromatic rings. The van der Waals surface area contributed by atoms with Crippen LogP contribution in [0.25, 0.3) is 10.9 Å². The van der Waals surface area contributed by atoms with Crippen LogP contribution in [-0.4, -0.2) is 15.1 Å². The Labute approximate surface area is 116 Å². The third kappa shape index (κ3) is 2.60. The zero-order chi connectivity index (χ0) is 13.9. The van der Waals surface area contributed by atoms with Crippen molar-refractivity contribution < 1.29 is 9.84 Å². The molecule has 1 aromatic carbocycles. The van der Waals surface area contributed by atoms with Crippen molar-refractivity contribution in [1.82, 2.24) is 9.97 Å². The highest BCUT2D eigenvalue weighted by Crippen LogP contribution is 2.24. The van der Waals surface area contributed by atoms with E-state index in [0.29, 0.717) is 11.6 Å². The second-order valence-electron chi connectivity index (χ2n) is 4.57. The third-order valence-corrected chi connectivity index (χ3v) is 2.97. The molecule has 2 heterocycles. The number of aromatic nitrogens is 2. The number of benzene rings is 1. The second kappa shape index (κ2) is 5.27. The van der Waals surface area contributed by atoms with Crippen LogP contribution in [0.1, 0.15) is 11.3 Å². The third-order valence-electron chi connectivity index (χ3n) is 2.97. The first-order valence-corrected chi connectivity index (χ1v) is 6.36. The van der Waals surface area contributed by atoms with E-state index >= 15 is 0 Å². The van der Waals surface area contributed by atoms with Crippen molar-refractivity contribution >= 4 is 10.9 Å². The zero-order valence-corrected chi connectivity index (χ0v) is 11.1. The lowest BCUT2D eigenvalue weighted by atomic mass is 10.2. The van der Waals surface area contributed by atoms with Crippen molar-refractivity contribution in [2.75, 3.05) is 0 Å². The molecule has 0 aliphatic carbocycles. The van der Waals surface area contributed by atoms with E-state index in [1.165, 1.54) is 0 Å². The molecule has 0 unspecified atom stereocenters.